The van der Waals surface area contributed by atoms with Gasteiger partial charge in [0.1, 0.15) is 6.04 Å². The molecule has 5 nitrogen and oxygen atoms in total. The Balaban J connectivity index is 2.42. The van der Waals surface area contributed by atoms with Gasteiger partial charge in [-0.25, -0.2) is 0 Å². The largest absolute Gasteiger partial charge is 0.368 e. The summed E-state index contributed by atoms with van der Waals surface area (Å²) in [6.07, 6.45) is 1.75. The zero-order valence-corrected chi connectivity index (χ0v) is 8.40. The van der Waals surface area contributed by atoms with Gasteiger partial charge in [-0.15, -0.1) is 0 Å². The molecule has 0 saturated carbocycles. The van der Waals surface area contributed by atoms with Crippen LogP contribution >= 0.6 is 0 Å². The molecule has 1 heterocycles. The van der Waals surface area contributed by atoms with Gasteiger partial charge in [-0.05, 0) is 12.8 Å². The highest BCUT2D eigenvalue weighted by atomic mass is 16.2. The lowest BCUT2D eigenvalue weighted by Crippen LogP contribution is -2.57. The Kier molecular flexibility index (Phi) is 3.46. The number of likely N-dealkylation sites (tertiary alicyclic amines) is 1. The van der Waals surface area contributed by atoms with Crippen LogP contribution in [-0.2, 0) is 9.59 Å². The minimum absolute atomic E-state index is 0.0607. The van der Waals surface area contributed by atoms with Crippen molar-refractivity contribution in [2.24, 2.45) is 11.5 Å². The molecule has 1 saturated heterocycles. The standard InChI is InChI=1S/C9H17N3O2/c1-2-6(10)5-8(13)12-4-3-7(12)9(11)14/h6-7H,2-5,10H2,1H3,(H2,11,14)/t6-,7?/m0/s1. The summed E-state index contributed by atoms with van der Waals surface area (Å²) in [5.41, 5.74) is 10.8. The molecule has 1 aliphatic rings. The Hall–Kier alpha value is -1.10. The molecule has 0 aromatic heterocycles. The molecule has 1 rings (SSSR count). The highest BCUT2D eigenvalue weighted by Crippen LogP contribution is 2.18. The molecule has 2 amide bonds. The summed E-state index contributed by atoms with van der Waals surface area (Å²) in [5, 5.41) is 0. The van der Waals surface area contributed by atoms with Crippen molar-refractivity contribution in [3.8, 4) is 0 Å². The molecule has 14 heavy (non-hydrogen) atoms. The van der Waals surface area contributed by atoms with Gasteiger partial charge >= 0.3 is 0 Å². The first kappa shape index (κ1) is 11.0. The molecule has 2 atom stereocenters. The zero-order valence-electron chi connectivity index (χ0n) is 8.40. The van der Waals surface area contributed by atoms with E-state index in [4.69, 9.17) is 11.5 Å². The van der Waals surface area contributed by atoms with E-state index >= 15 is 0 Å². The van der Waals surface area contributed by atoms with Gasteiger partial charge in [0.2, 0.25) is 11.8 Å². The number of amides is 2. The molecule has 1 unspecified atom stereocenters. The summed E-state index contributed by atoms with van der Waals surface area (Å²) in [6, 6.07) is -0.511. The van der Waals surface area contributed by atoms with Gasteiger partial charge in [-0.2, -0.15) is 0 Å². The summed E-state index contributed by atoms with van der Waals surface area (Å²) >= 11 is 0. The van der Waals surface area contributed by atoms with Gasteiger partial charge < -0.3 is 16.4 Å². The van der Waals surface area contributed by atoms with Gasteiger partial charge in [0.05, 0.1) is 0 Å². The highest BCUT2D eigenvalue weighted by molar-refractivity contribution is 5.88. The molecule has 0 aromatic carbocycles. The number of primary amides is 1. The summed E-state index contributed by atoms with van der Waals surface area (Å²) in [5.74, 6) is -0.482. The average Bonchev–Trinajstić information content (AvgIpc) is 2.00. The summed E-state index contributed by atoms with van der Waals surface area (Å²) < 4.78 is 0. The second kappa shape index (κ2) is 4.41. The summed E-state index contributed by atoms with van der Waals surface area (Å²) in [7, 11) is 0. The second-order valence-corrected chi connectivity index (χ2v) is 3.67. The lowest BCUT2D eigenvalue weighted by molar-refractivity contribution is -0.146. The van der Waals surface area contributed by atoms with E-state index in [2.05, 4.69) is 0 Å². The van der Waals surface area contributed by atoms with Crippen LogP contribution in [0.2, 0.25) is 0 Å². The molecular weight excluding hydrogens is 182 g/mol. The Morgan fingerprint density at radius 3 is 2.57 bits per heavy atom. The van der Waals surface area contributed by atoms with Gasteiger partial charge in [0.25, 0.3) is 0 Å². The molecule has 0 radical (unpaired) electrons. The minimum atomic E-state index is -0.422. The van der Waals surface area contributed by atoms with Gasteiger partial charge in [-0.3, -0.25) is 9.59 Å². The van der Waals surface area contributed by atoms with E-state index in [0.29, 0.717) is 19.4 Å². The van der Waals surface area contributed by atoms with E-state index in [1.165, 1.54) is 4.90 Å². The predicted molar refractivity (Wildman–Crippen MR) is 52.2 cm³/mol. The lowest BCUT2D eigenvalue weighted by atomic mass is 10.0. The maximum absolute atomic E-state index is 11.5. The minimum Gasteiger partial charge on any atom is -0.368 e. The van der Waals surface area contributed by atoms with Crippen molar-refractivity contribution in [2.45, 2.75) is 38.3 Å². The number of carbonyl (C=O) groups is 2. The van der Waals surface area contributed by atoms with E-state index < -0.39 is 11.9 Å². The van der Waals surface area contributed by atoms with Crippen LogP contribution in [0.3, 0.4) is 0 Å². The van der Waals surface area contributed by atoms with E-state index in [1.54, 1.807) is 0 Å². The van der Waals surface area contributed by atoms with Crippen molar-refractivity contribution in [3.63, 3.8) is 0 Å². The van der Waals surface area contributed by atoms with E-state index in [-0.39, 0.29) is 11.9 Å². The zero-order chi connectivity index (χ0) is 10.7. The van der Waals surface area contributed by atoms with Crippen LogP contribution in [0.5, 0.6) is 0 Å². The first-order valence-corrected chi connectivity index (χ1v) is 4.90. The normalized spacial score (nSPS) is 22.7. The van der Waals surface area contributed by atoms with Crippen LogP contribution in [0.25, 0.3) is 0 Å². The fraction of sp³-hybridized carbons (Fsp3) is 0.778. The van der Waals surface area contributed by atoms with Crippen LogP contribution in [0, 0.1) is 0 Å². The summed E-state index contributed by atoms with van der Waals surface area (Å²) in [6.45, 7) is 2.56. The van der Waals surface area contributed by atoms with Crippen LogP contribution in [0.15, 0.2) is 0 Å². The number of carbonyl (C=O) groups excluding carboxylic acids is 2. The van der Waals surface area contributed by atoms with E-state index in [1.807, 2.05) is 6.92 Å². The topological polar surface area (TPSA) is 89.4 Å². The lowest BCUT2D eigenvalue weighted by Gasteiger charge is -2.39. The third-order valence-corrected chi connectivity index (χ3v) is 2.63. The van der Waals surface area contributed by atoms with Crippen molar-refractivity contribution >= 4 is 11.8 Å². The van der Waals surface area contributed by atoms with E-state index in [9.17, 15) is 9.59 Å². The maximum atomic E-state index is 11.5. The van der Waals surface area contributed by atoms with Gasteiger partial charge in [0.15, 0.2) is 0 Å². The highest BCUT2D eigenvalue weighted by Gasteiger charge is 2.36. The monoisotopic (exact) mass is 199 g/mol. The molecule has 1 aliphatic heterocycles. The van der Waals surface area contributed by atoms with Crippen molar-refractivity contribution < 1.29 is 9.59 Å². The van der Waals surface area contributed by atoms with Gasteiger partial charge in [0, 0.05) is 19.0 Å². The maximum Gasteiger partial charge on any atom is 0.240 e. The van der Waals surface area contributed by atoms with E-state index in [0.717, 1.165) is 6.42 Å². The summed E-state index contributed by atoms with van der Waals surface area (Å²) in [4.78, 5) is 23.9. The Morgan fingerprint density at radius 1 is 1.57 bits per heavy atom. The molecule has 4 N–H and O–H groups in total. The molecule has 0 aromatic rings. The molecule has 1 fully saturated rings. The average molecular weight is 199 g/mol. The van der Waals surface area contributed by atoms with Crippen molar-refractivity contribution in [2.75, 3.05) is 6.54 Å². The number of rotatable bonds is 4. The Labute approximate surface area is 83.4 Å². The van der Waals surface area contributed by atoms with Crippen LogP contribution in [0.1, 0.15) is 26.2 Å². The van der Waals surface area contributed by atoms with Gasteiger partial charge in [-0.1, -0.05) is 6.92 Å². The van der Waals surface area contributed by atoms with Crippen LogP contribution in [0.4, 0.5) is 0 Å². The first-order valence-electron chi connectivity index (χ1n) is 4.90. The van der Waals surface area contributed by atoms with Crippen molar-refractivity contribution in [1.82, 2.24) is 4.90 Å². The third kappa shape index (κ3) is 2.23. The first-order chi connectivity index (χ1) is 6.56. The number of hydrogen-bond donors (Lipinski definition) is 2. The third-order valence-electron chi connectivity index (χ3n) is 2.63. The molecule has 0 aliphatic carbocycles. The Morgan fingerprint density at radius 2 is 2.21 bits per heavy atom. The fourth-order valence-corrected chi connectivity index (χ4v) is 1.47. The molecule has 0 bridgehead atoms. The number of nitrogens with zero attached hydrogens (tertiary/aromatic N) is 1. The van der Waals surface area contributed by atoms with Crippen molar-refractivity contribution in [1.29, 1.82) is 0 Å². The SMILES string of the molecule is CC[C@H](N)CC(=O)N1CCC1C(N)=O. The molecule has 5 heteroatoms. The molecule has 80 valence electrons. The fourth-order valence-electron chi connectivity index (χ4n) is 1.47. The molecule has 0 spiro atoms. The number of nitrogens with two attached hydrogens (primary N) is 2. The quantitative estimate of drug-likeness (QED) is 0.621. The molecular formula is C9H17N3O2. The van der Waals surface area contributed by atoms with Crippen molar-refractivity contribution in [3.05, 3.63) is 0 Å². The van der Waals surface area contributed by atoms with Crippen LogP contribution < -0.4 is 11.5 Å². The number of hydrogen-bond acceptors (Lipinski definition) is 3. The smallest absolute Gasteiger partial charge is 0.240 e. The van der Waals surface area contributed by atoms with Crippen LogP contribution in [-0.4, -0.2) is 35.3 Å². The predicted octanol–water partition coefficient (Wildman–Crippen LogP) is -0.800. The Bertz CT molecular complexity index is 242. The second-order valence-electron chi connectivity index (χ2n) is 3.67.